The van der Waals surface area contributed by atoms with E-state index in [1.54, 1.807) is 0 Å². The molecule has 1 N–H and O–H groups in total. The molecule has 0 aliphatic rings. The van der Waals surface area contributed by atoms with Gasteiger partial charge in [0.15, 0.2) is 0 Å². The van der Waals surface area contributed by atoms with Crippen LogP contribution in [0.15, 0.2) is 42.5 Å². The number of benzene rings is 2. The fourth-order valence-corrected chi connectivity index (χ4v) is 2.48. The van der Waals surface area contributed by atoms with Gasteiger partial charge in [-0.15, -0.1) is 0 Å². The first-order chi connectivity index (χ1) is 9.58. The number of hydrogen-bond acceptors (Lipinski definition) is 2. The molecular formula is C18H22O2. The molecule has 20 heavy (non-hydrogen) atoms. The summed E-state index contributed by atoms with van der Waals surface area (Å²) >= 11 is 0. The molecule has 0 fully saturated rings. The Kier molecular flexibility index (Phi) is 4.80. The minimum atomic E-state index is -0.480. The van der Waals surface area contributed by atoms with Crippen LogP contribution < -0.4 is 4.74 Å². The fraction of sp³-hybridized carbons (Fsp3) is 0.333. The van der Waals surface area contributed by atoms with Crippen LogP contribution in [0.4, 0.5) is 0 Å². The van der Waals surface area contributed by atoms with E-state index in [4.69, 9.17) is 4.74 Å². The van der Waals surface area contributed by atoms with Gasteiger partial charge >= 0.3 is 0 Å². The zero-order valence-electron chi connectivity index (χ0n) is 12.4. The Bertz CT molecular complexity index is 538. The van der Waals surface area contributed by atoms with Gasteiger partial charge in [-0.25, -0.2) is 0 Å². The predicted octanol–water partition coefficient (Wildman–Crippen LogP) is 3.98. The van der Waals surface area contributed by atoms with Gasteiger partial charge in [0.05, 0.1) is 12.7 Å². The van der Waals surface area contributed by atoms with E-state index >= 15 is 0 Å². The highest BCUT2D eigenvalue weighted by Gasteiger charge is 2.09. The highest BCUT2D eigenvalue weighted by molar-refractivity contribution is 5.32. The van der Waals surface area contributed by atoms with Gasteiger partial charge in [-0.3, -0.25) is 0 Å². The molecule has 0 heterocycles. The molecule has 1 atom stereocenters. The van der Waals surface area contributed by atoms with Gasteiger partial charge in [0.1, 0.15) is 5.75 Å². The molecule has 0 aromatic heterocycles. The summed E-state index contributed by atoms with van der Waals surface area (Å²) in [5, 5.41) is 10.3. The summed E-state index contributed by atoms with van der Waals surface area (Å²) in [6.45, 7) is 6.78. The van der Waals surface area contributed by atoms with Crippen LogP contribution in [-0.2, 0) is 6.42 Å². The van der Waals surface area contributed by atoms with Crippen molar-refractivity contribution in [3.63, 3.8) is 0 Å². The van der Waals surface area contributed by atoms with Gasteiger partial charge in [0.2, 0.25) is 0 Å². The predicted molar refractivity (Wildman–Crippen MR) is 82.2 cm³/mol. The van der Waals surface area contributed by atoms with Crippen molar-refractivity contribution in [1.29, 1.82) is 0 Å². The molecular weight excluding hydrogens is 248 g/mol. The molecule has 1 unspecified atom stereocenters. The van der Waals surface area contributed by atoms with Crippen LogP contribution in [0, 0.1) is 13.8 Å². The second kappa shape index (κ2) is 6.58. The maximum atomic E-state index is 10.3. The Morgan fingerprint density at radius 3 is 2.15 bits per heavy atom. The summed E-state index contributed by atoms with van der Waals surface area (Å²) < 4.78 is 5.41. The molecule has 0 spiro atoms. The molecule has 2 aromatic rings. The van der Waals surface area contributed by atoms with Crippen molar-refractivity contribution in [1.82, 2.24) is 0 Å². The summed E-state index contributed by atoms with van der Waals surface area (Å²) in [5.41, 5.74) is 4.56. The summed E-state index contributed by atoms with van der Waals surface area (Å²) in [6.07, 6.45) is 0.156. The van der Waals surface area contributed by atoms with Gasteiger partial charge < -0.3 is 9.84 Å². The van der Waals surface area contributed by atoms with Crippen LogP contribution in [-0.4, -0.2) is 11.7 Å². The van der Waals surface area contributed by atoms with Crippen molar-refractivity contribution in [2.24, 2.45) is 0 Å². The second-order valence-corrected chi connectivity index (χ2v) is 5.22. The van der Waals surface area contributed by atoms with Gasteiger partial charge in [0, 0.05) is 6.42 Å². The standard InChI is InChI=1S/C18H22O2/c1-4-20-17-7-5-16(6-8-17)18(19)12-15-10-13(2)9-14(3)11-15/h5-11,18-19H,4,12H2,1-3H3. The number of aryl methyl sites for hydroxylation is 2. The third-order valence-corrected chi connectivity index (χ3v) is 3.29. The largest absolute Gasteiger partial charge is 0.494 e. The fourth-order valence-electron chi connectivity index (χ4n) is 2.48. The number of aliphatic hydroxyl groups excluding tert-OH is 1. The van der Waals surface area contributed by atoms with E-state index in [9.17, 15) is 5.11 Å². The summed E-state index contributed by atoms with van der Waals surface area (Å²) in [7, 11) is 0. The molecule has 0 saturated carbocycles. The quantitative estimate of drug-likeness (QED) is 0.890. The van der Waals surface area contributed by atoms with Crippen molar-refractivity contribution >= 4 is 0 Å². The first-order valence-corrected chi connectivity index (χ1v) is 7.06. The molecule has 0 radical (unpaired) electrons. The Morgan fingerprint density at radius 2 is 1.60 bits per heavy atom. The zero-order valence-corrected chi connectivity index (χ0v) is 12.4. The molecule has 106 valence electrons. The van der Waals surface area contributed by atoms with Gasteiger partial charge in [-0.2, -0.15) is 0 Å². The number of ether oxygens (including phenoxy) is 1. The molecule has 2 nitrogen and oxygen atoms in total. The lowest BCUT2D eigenvalue weighted by Crippen LogP contribution is -2.02. The zero-order chi connectivity index (χ0) is 14.5. The van der Waals surface area contributed by atoms with E-state index in [1.807, 2.05) is 31.2 Å². The van der Waals surface area contributed by atoms with Crippen molar-refractivity contribution in [2.75, 3.05) is 6.61 Å². The Morgan fingerprint density at radius 1 is 1.00 bits per heavy atom. The lowest BCUT2D eigenvalue weighted by atomic mass is 9.98. The van der Waals surface area contributed by atoms with Crippen LogP contribution in [0.5, 0.6) is 5.75 Å². The summed E-state index contributed by atoms with van der Waals surface area (Å²) in [5.74, 6) is 0.842. The molecule has 0 saturated heterocycles. The average Bonchev–Trinajstić information content (AvgIpc) is 2.38. The van der Waals surface area contributed by atoms with Gasteiger partial charge in [-0.05, 0) is 44.0 Å². The third kappa shape index (κ3) is 3.84. The number of rotatable bonds is 5. The van der Waals surface area contributed by atoms with Crippen molar-refractivity contribution in [2.45, 2.75) is 33.3 Å². The van der Waals surface area contributed by atoms with Crippen LogP contribution in [0.1, 0.15) is 35.3 Å². The van der Waals surface area contributed by atoms with Crippen LogP contribution in [0.25, 0.3) is 0 Å². The lowest BCUT2D eigenvalue weighted by molar-refractivity contribution is 0.178. The molecule has 0 amide bonds. The molecule has 2 heteroatoms. The number of hydrogen-bond donors (Lipinski definition) is 1. The molecule has 0 bridgehead atoms. The first-order valence-electron chi connectivity index (χ1n) is 7.06. The first kappa shape index (κ1) is 14.6. The monoisotopic (exact) mass is 270 g/mol. The van der Waals surface area contributed by atoms with Gasteiger partial charge in [-0.1, -0.05) is 41.5 Å². The van der Waals surface area contributed by atoms with Crippen LogP contribution in [0.2, 0.25) is 0 Å². The van der Waals surface area contributed by atoms with Crippen molar-refractivity contribution in [3.05, 3.63) is 64.7 Å². The van der Waals surface area contributed by atoms with Crippen LogP contribution in [0.3, 0.4) is 0 Å². The molecule has 2 aromatic carbocycles. The highest BCUT2D eigenvalue weighted by atomic mass is 16.5. The Hall–Kier alpha value is -1.80. The smallest absolute Gasteiger partial charge is 0.119 e. The minimum absolute atomic E-state index is 0.480. The highest BCUT2D eigenvalue weighted by Crippen LogP contribution is 2.22. The van der Waals surface area contributed by atoms with E-state index in [1.165, 1.54) is 16.7 Å². The maximum Gasteiger partial charge on any atom is 0.119 e. The van der Waals surface area contributed by atoms with E-state index < -0.39 is 6.10 Å². The van der Waals surface area contributed by atoms with Gasteiger partial charge in [0.25, 0.3) is 0 Å². The average molecular weight is 270 g/mol. The Balaban J connectivity index is 2.08. The van der Waals surface area contributed by atoms with E-state index in [0.717, 1.165) is 11.3 Å². The lowest BCUT2D eigenvalue weighted by Gasteiger charge is -2.13. The maximum absolute atomic E-state index is 10.3. The normalized spacial score (nSPS) is 12.2. The van der Waals surface area contributed by atoms with E-state index in [-0.39, 0.29) is 0 Å². The Labute approximate surface area is 121 Å². The topological polar surface area (TPSA) is 29.5 Å². The number of aliphatic hydroxyl groups is 1. The summed E-state index contributed by atoms with van der Waals surface area (Å²) in [4.78, 5) is 0. The minimum Gasteiger partial charge on any atom is -0.494 e. The SMILES string of the molecule is CCOc1ccc(C(O)Cc2cc(C)cc(C)c2)cc1. The molecule has 2 rings (SSSR count). The third-order valence-electron chi connectivity index (χ3n) is 3.29. The molecule has 0 aliphatic heterocycles. The van der Waals surface area contributed by atoms with E-state index in [0.29, 0.717) is 13.0 Å². The summed E-state index contributed by atoms with van der Waals surface area (Å²) in [6, 6.07) is 14.1. The van der Waals surface area contributed by atoms with E-state index in [2.05, 4.69) is 32.0 Å². The van der Waals surface area contributed by atoms with Crippen molar-refractivity contribution < 1.29 is 9.84 Å². The van der Waals surface area contributed by atoms with Crippen LogP contribution >= 0.6 is 0 Å². The molecule has 0 aliphatic carbocycles. The second-order valence-electron chi connectivity index (χ2n) is 5.22. The van der Waals surface area contributed by atoms with Crippen molar-refractivity contribution in [3.8, 4) is 5.75 Å².